The summed E-state index contributed by atoms with van der Waals surface area (Å²) in [6.45, 7) is 25.4. The summed E-state index contributed by atoms with van der Waals surface area (Å²) in [5.41, 5.74) is 13.2. The van der Waals surface area contributed by atoms with Crippen LogP contribution in [0.2, 0.25) is 10.0 Å². The molecule has 0 amide bonds. The highest BCUT2D eigenvalue weighted by atomic mass is 35.5. The lowest BCUT2D eigenvalue weighted by Gasteiger charge is -2.24. The van der Waals surface area contributed by atoms with Crippen LogP contribution in [-0.2, 0) is 26.2 Å². The second kappa shape index (κ2) is 48.8. The van der Waals surface area contributed by atoms with Gasteiger partial charge in [-0.15, -0.1) is 0 Å². The zero-order valence-electron chi connectivity index (χ0n) is 77.2. The number of nitrogens with zero attached hydrogens (tertiary/aromatic N) is 12. The van der Waals surface area contributed by atoms with Crippen LogP contribution < -0.4 is 57.5 Å². The maximum Gasteiger partial charge on any atom is 0.231 e. The SMILES string of the molecule is C.Cc1ccc(-c2cc(N(CCCN3CCCCCC3)Cc3ccc4c(c3)OCO4)on2)cc1.Cc1cccc(-c2cc(N(CCCN3CCCCCC3)Cc3ccc4c(c3)OCO4)on2)c1.Clc1cc(Cl)cc(-c2cc(N(CCCN3CCCCCC3)Cc3ccc4c(c3)OCO4)on2)c1.Fc1cc(F)cc(-c2cc(N(CCCN3CCCCCC3)Cc3ccc4c(c3)OCO4)on2)c1. The van der Waals surface area contributed by atoms with Gasteiger partial charge in [-0.1, -0.05) is 180 Å². The number of rotatable bonds is 32. The molecule has 0 atom stereocenters. The third-order valence-electron chi connectivity index (χ3n) is 25.9. The van der Waals surface area contributed by atoms with Crippen molar-refractivity contribution in [3.63, 3.8) is 0 Å². The van der Waals surface area contributed by atoms with Gasteiger partial charge < -0.3 is 95.2 Å². The summed E-state index contributed by atoms with van der Waals surface area (Å²) in [7, 11) is 0. The first-order valence-corrected chi connectivity index (χ1v) is 48.9. The number of hydrogen-bond acceptors (Lipinski definition) is 24. The van der Waals surface area contributed by atoms with Crippen LogP contribution in [0.5, 0.6) is 46.0 Å². The lowest BCUT2D eigenvalue weighted by atomic mass is 10.1. The van der Waals surface area contributed by atoms with Gasteiger partial charge in [0, 0.05) is 115 Å². The number of likely N-dealkylation sites (tertiary alicyclic amines) is 4. The van der Waals surface area contributed by atoms with Gasteiger partial charge in [-0.05, 0) is 277 Å². The number of aryl methyl sites for hydroxylation is 2. The zero-order valence-corrected chi connectivity index (χ0v) is 78.7. The van der Waals surface area contributed by atoms with Crippen LogP contribution in [-0.4, -0.2) is 172 Å². The summed E-state index contributed by atoms with van der Waals surface area (Å²) in [6, 6.07) is 57.7. The Bertz CT molecular complexity index is 5490. The van der Waals surface area contributed by atoms with Gasteiger partial charge in [0.1, 0.15) is 34.4 Å². The molecule has 24 nitrogen and oxygen atoms in total. The van der Waals surface area contributed by atoms with Gasteiger partial charge >= 0.3 is 0 Å². The largest absolute Gasteiger partial charge is 0.454 e. The Morgan fingerprint density at radius 3 is 0.881 bits per heavy atom. The van der Waals surface area contributed by atoms with Crippen molar-refractivity contribution in [2.75, 3.05) is 151 Å². The van der Waals surface area contributed by atoms with Gasteiger partial charge in [0.15, 0.2) is 46.0 Å². The van der Waals surface area contributed by atoms with Crippen molar-refractivity contribution in [3.05, 3.63) is 237 Å². The van der Waals surface area contributed by atoms with E-state index in [9.17, 15) is 8.78 Å². The van der Waals surface area contributed by atoms with E-state index in [1.807, 2.05) is 60.7 Å². The Hall–Kier alpha value is -11.5. The predicted octanol–water partition coefficient (Wildman–Crippen LogP) is 24.2. The number of aromatic nitrogens is 4. The van der Waals surface area contributed by atoms with Crippen LogP contribution >= 0.6 is 23.2 Å². The van der Waals surface area contributed by atoms with Crippen LogP contribution in [0.15, 0.2) is 200 Å². The smallest absolute Gasteiger partial charge is 0.231 e. The highest BCUT2D eigenvalue weighted by molar-refractivity contribution is 6.35. The quantitative estimate of drug-likeness (QED) is 0.0384. The minimum Gasteiger partial charge on any atom is -0.454 e. The summed E-state index contributed by atoms with van der Waals surface area (Å²) < 4.78 is 94.7. The van der Waals surface area contributed by atoms with Crippen molar-refractivity contribution in [1.29, 1.82) is 0 Å². The van der Waals surface area contributed by atoms with E-state index in [1.54, 1.807) is 12.1 Å². The number of halogens is 4. The molecule has 716 valence electrons. The molecule has 0 spiro atoms. The number of ether oxygens (including phenoxy) is 8. The van der Waals surface area contributed by atoms with Crippen LogP contribution in [0.25, 0.3) is 45.0 Å². The second-order valence-electron chi connectivity index (χ2n) is 36.1. The van der Waals surface area contributed by atoms with Crippen LogP contribution in [0.3, 0.4) is 0 Å². The molecule has 0 N–H and O–H groups in total. The molecule has 4 fully saturated rings. The molecule has 28 heteroatoms. The van der Waals surface area contributed by atoms with Crippen molar-refractivity contribution in [2.45, 2.75) is 176 Å². The molecule has 0 unspecified atom stereocenters. The Labute approximate surface area is 802 Å². The Morgan fingerprint density at radius 1 is 0.281 bits per heavy atom. The molecule has 0 aliphatic carbocycles. The Balaban J connectivity index is 0.000000130. The summed E-state index contributed by atoms with van der Waals surface area (Å²) in [6.07, 6.45) is 25.4. The van der Waals surface area contributed by atoms with E-state index in [2.05, 4.69) is 165 Å². The predicted molar refractivity (Wildman–Crippen MR) is 526 cm³/mol. The highest BCUT2D eigenvalue weighted by Crippen LogP contribution is 2.41. The molecule has 4 saturated heterocycles. The molecule has 8 aliphatic heterocycles. The fraction of sp³-hybridized carbons (Fsp3) is 0.439. The van der Waals surface area contributed by atoms with Gasteiger partial charge in [0.2, 0.25) is 50.7 Å². The third-order valence-corrected chi connectivity index (χ3v) is 26.3. The van der Waals surface area contributed by atoms with E-state index < -0.39 is 11.6 Å². The lowest BCUT2D eigenvalue weighted by Crippen LogP contribution is -2.30. The molecule has 12 aromatic rings. The van der Waals surface area contributed by atoms with Gasteiger partial charge in [-0.3, -0.25) is 0 Å². The van der Waals surface area contributed by atoms with E-state index in [4.69, 9.17) is 79.2 Å². The minimum atomic E-state index is -0.644. The fourth-order valence-electron chi connectivity index (χ4n) is 18.6. The molecule has 0 radical (unpaired) electrons. The average Bonchev–Trinajstić information content (AvgIpc) is 1.70. The molecular weight excluding hydrogens is 1750 g/mol. The van der Waals surface area contributed by atoms with Crippen molar-refractivity contribution >= 4 is 46.7 Å². The van der Waals surface area contributed by atoms with E-state index in [-0.39, 0.29) is 21.0 Å². The number of fused-ring (bicyclic) bond motifs is 4. The first-order valence-electron chi connectivity index (χ1n) is 48.1. The molecule has 12 heterocycles. The Kier molecular flexibility index (Phi) is 34.9. The van der Waals surface area contributed by atoms with Crippen LogP contribution in [0.4, 0.5) is 32.3 Å². The summed E-state index contributed by atoms with van der Waals surface area (Å²) >= 11 is 12.4. The molecule has 20 rings (SSSR count). The van der Waals surface area contributed by atoms with Crippen LogP contribution in [0, 0.1) is 25.5 Å². The van der Waals surface area contributed by atoms with Crippen molar-refractivity contribution < 1.29 is 64.8 Å². The Morgan fingerprint density at radius 2 is 0.570 bits per heavy atom. The van der Waals surface area contributed by atoms with Crippen molar-refractivity contribution in [1.82, 2.24) is 40.2 Å². The van der Waals surface area contributed by atoms with Gasteiger partial charge in [-0.25, -0.2) is 8.78 Å². The number of hydrogen-bond donors (Lipinski definition) is 0. The molecule has 0 bridgehead atoms. The molecule has 8 aliphatic rings. The second-order valence-corrected chi connectivity index (χ2v) is 37.0. The highest BCUT2D eigenvalue weighted by Gasteiger charge is 2.27. The van der Waals surface area contributed by atoms with Crippen molar-refractivity contribution in [3.8, 4) is 91.0 Å². The van der Waals surface area contributed by atoms with Crippen molar-refractivity contribution in [2.24, 2.45) is 0 Å². The summed E-state index contributed by atoms with van der Waals surface area (Å²) in [5.74, 6) is 7.91. The number of benzene rings is 8. The standard InChI is InChI=1S/2C27H33N3O3.C26H29Cl2N3O3.C26H29F2N3O3.CH4/c1-21-7-10-23(11-8-21)24-18-27(33-28-24)30(16-6-15-29-13-4-2-3-5-14-29)19-22-9-12-25-26(17-22)32-20-31-25;1-21-8-6-9-23(16-21)24-18-27(33-28-24)30(15-7-14-29-12-4-2-3-5-13-29)19-22-10-11-25-26(17-22)32-20-31-25;2*27-21-13-20(14-22(28)15-21)23-16-26(34-29-23)31(11-5-10-30-8-3-1-2-4-9-30)17-19-6-7-24-25(12-19)33-18-32-24;/h7-12,17-18H,2-6,13-16,19-20H2,1H3;6,8-11,16-18H,2-5,7,12-15,19-20H2,1H3;2*6-7,12-16H,1-5,8-11,17-18H2;1H4. The first kappa shape index (κ1) is 96.6. The first-order chi connectivity index (χ1) is 65.8. The number of anilines is 4. The molecule has 0 saturated carbocycles. The lowest BCUT2D eigenvalue weighted by molar-refractivity contribution is 0.173. The average molecular weight is 1880 g/mol. The molecule has 135 heavy (non-hydrogen) atoms. The summed E-state index contributed by atoms with van der Waals surface area (Å²) in [4.78, 5) is 19.3. The van der Waals surface area contributed by atoms with E-state index in [0.29, 0.717) is 59.6 Å². The molecule has 8 aromatic carbocycles. The fourth-order valence-corrected chi connectivity index (χ4v) is 19.1. The molecular formula is C107H128Cl2F2N12O12. The van der Waals surface area contributed by atoms with E-state index in [1.165, 1.54) is 176 Å². The van der Waals surface area contributed by atoms with E-state index in [0.717, 1.165) is 213 Å². The zero-order chi connectivity index (χ0) is 91.6. The van der Waals surface area contributed by atoms with Gasteiger partial charge in [0.25, 0.3) is 0 Å². The van der Waals surface area contributed by atoms with Crippen LogP contribution in [0.1, 0.15) is 169 Å². The maximum atomic E-state index is 13.7. The minimum absolute atomic E-state index is 0. The monoisotopic (exact) mass is 1880 g/mol. The summed E-state index contributed by atoms with van der Waals surface area (Å²) in [5, 5.41) is 18.3. The van der Waals surface area contributed by atoms with Gasteiger partial charge in [-0.2, -0.15) is 0 Å². The normalized spacial score (nSPS) is 15.9. The third kappa shape index (κ3) is 27.9. The van der Waals surface area contributed by atoms with Gasteiger partial charge in [0.05, 0.1) is 0 Å². The topological polar surface area (TPSA) is 204 Å². The van der Waals surface area contributed by atoms with E-state index >= 15 is 0 Å². The maximum absolute atomic E-state index is 13.7. The molecule has 4 aromatic heterocycles.